The Morgan fingerprint density at radius 1 is 0.338 bits per heavy atom. The highest BCUT2D eigenvalue weighted by Gasteiger charge is 2.33. The van der Waals surface area contributed by atoms with E-state index in [9.17, 15) is 38.0 Å². The van der Waals surface area contributed by atoms with E-state index in [1.54, 1.807) is 37.3 Å². The molecule has 6 aromatic carbocycles. The first-order chi connectivity index (χ1) is 36.7. The third kappa shape index (κ3) is 20.4. The minimum Gasteiger partial charge on any atom is -0.508 e. The molecule has 0 fully saturated rings. The monoisotopic (exact) mass is 1180 g/mol. The summed E-state index contributed by atoms with van der Waals surface area (Å²) in [7, 11) is 0. The Bertz CT molecular complexity index is 2790. The van der Waals surface area contributed by atoms with Gasteiger partial charge in [-0.05, 0) is 195 Å². The van der Waals surface area contributed by atoms with Crippen molar-refractivity contribution in [1.29, 1.82) is 0 Å². The lowest BCUT2D eigenvalue weighted by molar-refractivity contribution is 0.333. The van der Waals surface area contributed by atoms with Crippen molar-refractivity contribution in [1.82, 2.24) is 0 Å². The highest BCUT2D eigenvalue weighted by atomic mass is 79.9. The summed E-state index contributed by atoms with van der Waals surface area (Å²) in [5.74, 6) is -6.39. The zero-order valence-corrected chi connectivity index (χ0v) is 53.6. The van der Waals surface area contributed by atoms with Crippen molar-refractivity contribution in [3.05, 3.63) is 175 Å². The van der Waals surface area contributed by atoms with Crippen LogP contribution in [0.1, 0.15) is 213 Å². The molecule has 0 radical (unpaired) electrons. The van der Waals surface area contributed by atoms with E-state index in [0.29, 0.717) is 35.2 Å². The van der Waals surface area contributed by atoms with Crippen molar-refractivity contribution in [2.45, 2.75) is 216 Å². The van der Waals surface area contributed by atoms with Crippen LogP contribution in [0.25, 0.3) is 0 Å². The predicted octanol–water partition coefficient (Wildman–Crippen LogP) is 20.7. The topological polar surface area (TPSA) is 121 Å². The first-order valence-corrected chi connectivity index (χ1v) is 28.7. The van der Waals surface area contributed by atoms with Crippen molar-refractivity contribution < 1.29 is 48.2 Å². The maximum Gasteiger partial charge on any atom is 0.203 e. The zero-order valence-electron chi connectivity index (χ0n) is 52.1. The third-order valence-electron chi connectivity index (χ3n) is 16.5. The Morgan fingerprint density at radius 2 is 0.675 bits per heavy atom. The molecule has 0 bridgehead atoms. The summed E-state index contributed by atoms with van der Waals surface area (Å²) < 4.78 is 53.8. The van der Waals surface area contributed by atoms with Gasteiger partial charge >= 0.3 is 0 Å². The van der Waals surface area contributed by atoms with Crippen LogP contribution in [-0.2, 0) is 32.5 Å². The van der Waals surface area contributed by atoms with Crippen molar-refractivity contribution in [3.63, 3.8) is 0 Å². The summed E-state index contributed by atoms with van der Waals surface area (Å²) in [5.41, 5.74) is 8.48. The number of halogens is 5. The molecule has 0 unspecified atom stereocenters. The minimum absolute atomic E-state index is 0.165. The summed E-state index contributed by atoms with van der Waals surface area (Å²) in [6.45, 7) is 43.4. The number of phenols is 6. The van der Waals surface area contributed by atoms with Gasteiger partial charge in [-0.15, -0.1) is 0 Å². The van der Waals surface area contributed by atoms with Gasteiger partial charge in [0.1, 0.15) is 28.7 Å². The molecule has 80 heavy (non-hydrogen) atoms. The SMILES string of the molecule is CCC(C)(C)c1c(F)c(F)c(O)c(F)c1F.CCC(C)(C)c1cc(C)c(O)c(C)c1.CCC(C)(C)c1ccc(O)c(Br)c1.CCC(C)(C)c1ccc(O)c(C)c1.CCC(C)(C)c1ccc(O)cc1.CCC(C)(C)c1cccc(O)c1. The first-order valence-electron chi connectivity index (χ1n) is 27.9. The van der Waals surface area contributed by atoms with Gasteiger partial charge in [-0.3, -0.25) is 0 Å². The van der Waals surface area contributed by atoms with Crippen LogP contribution in [0.15, 0.2) is 102 Å². The van der Waals surface area contributed by atoms with Crippen LogP contribution in [-0.4, -0.2) is 30.6 Å². The van der Waals surface area contributed by atoms with Gasteiger partial charge in [0.05, 0.1) is 4.47 Å². The molecule has 6 nitrogen and oxygen atoms in total. The molecule has 444 valence electrons. The minimum atomic E-state index is -1.75. The molecular weight excluding hydrogens is 1080 g/mol. The largest absolute Gasteiger partial charge is 0.508 e. The summed E-state index contributed by atoms with van der Waals surface area (Å²) in [6.07, 6.45) is 5.79. The molecule has 0 heterocycles. The average Bonchev–Trinajstić information content (AvgIpc) is 3.41. The lowest BCUT2D eigenvalue weighted by Gasteiger charge is -2.25. The number of aryl methyl sites for hydroxylation is 3. The average molecular weight is 1180 g/mol. The standard InChI is InChI=1S/C13H20O.C12H18O.C11H15BrO.C11H12F4O.2C11H16O/c1-6-13(4,5)11-7-9(2)12(14)10(3)8-11;1-5-12(3,4)10-6-7-11(13)9(2)8-10;1-4-11(2,3)8-5-6-10(13)9(12)7-8;1-4-11(2,3)5-6(12)8(14)10(16)9(15)7(5)13;1-4-11(2,3)9-5-7-10(12)8-6-9;1-4-11(2,3)9-6-5-7-10(12)8-9/h7-8,14H,6H2,1-5H3;6-8,13H,5H2,1-4H3;5-7,13H,4H2,1-3H3;16H,4H2,1-3H3;2*5-8,12H,4H2,1-3H3. The molecule has 6 aromatic rings. The van der Waals surface area contributed by atoms with Crippen molar-refractivity contribution >= 4 is 15.9 Å². The second kappa shape index (κ2) is 30.4. The lowest BCUT2D eigenvalue weighted by atomic mass is 9.81. The highest BCUT2D eigenvalue weighted by Crippen LogP contribution is 2.39. The van der Waals surface area contributed by atoms with Gasteiger partial charge in [0.25, 0.3) is 0 Å². The third-order valence-corrected chi connectivity index (χ3v) is 17.1. The van der Waals surface area contributed by atoms with Crippen molar-refractivity contribution in [2.24, 2.45) is 0 Å². The Hall–Kier alpha value is -5.68. The Balaban J connectivity index is 0.000000481. The molecule has 0 saturated heterocycles. The Morgan fingerprint density at radius 3 is 1.05 bits per heavy atom. The molecule has 0 aliphatic heterocycles. The quantitative estimate of drug-likeness (QED) is 0.0536. The molecule has 6 N–H and O–H groups in total. The smallest absolute Gasteiger partial charge is 0.203 e. The van der Waals surface area contributed by atoms with E-state index in [-0.39, 0.29) is 27.1 Å². The van der Waals surface area contributed by atoms with E-state index >= 15 is 0 Å². The normalized spacial score (nSPS) is 11.7. The van der Waals surface area contributed by atoms with Crippen LogP contribution in [0.5, 0.6) is 34.5 Å². The van der Waals surface area contributed by atoms with E-state index in [0.717, 1.165) is 53.3 Å². The fraction of sp³-hybridized carbons (Fsp3) is 0.478. The number of rotatable bonds is 12. The van der Waals surface area contributed by atoms with Crippen LogP contribution in [0.3, 0.4) is 0 Å². The number of hydrogen-bond donors (Lipinski definition) is 6. The second-order valence-corrected chi connectivity index (χ2v) is 25.5. The second-order valence-electron chi connectivity index (χ2n) is 24.6. The molecular formula is C69H97BrF4O6. The number of aromatic hydroxyl groups is 6. The van der Waals surface area contributed by atoms with E-state index in [4.69, 9.17) is 10.2 Å². The molecule has 0 amide bonds. The Labute approximate surface area is 487 Å². The van der Waals surface area contributed by atoms with E-state index in [1.165, 1.54) is 41.7 Å². The maximum absolute atomic E-state index is 13.4. The number of benzene rings is 6. The molecule has 6 rings (SSSR count). The lowest BCUT2D eigenvalue weighted by Crippen LogP contribution is -2.21. The molecule has 0 spiro atoms. The highest BCUT2D eigenvalue weighted by molar-refractivity contribution is 9.10. The predicted molar refractivity (Wildman–Crippen MR) is 330 cm³/mol. The number of phenolic OH excluding ortho intramolecular Hbond substituents is 6. The summed E-state index contributed by atoms with van der Waals surface area (Å²) in [5, 5.41) is 55.6. The van der Waals surface area contributed by atoms with Gasteiger partial charge in [-0.1, -0.05) is 179 Å². The molecule has 0 aliphatic carbocycles. The molecule has 0 aromatic heterocycles. The van der Waals surface area contributed by atoms with Gasteiger partial charge < -0.3 is 30.6 Å². The van der Waals surface area contributed by atoms with Gasteiger partial charge in [0.15, 0.2) is 17.4 Å². The molecule has 0 saturated carbocycles. The van der Waals surface area contributed by atoms with Gasteiger partial charge in [-0.25, -0.2) is 8.78 Å². The van der Waals surface area contributed by atoms with Crippen molar-refractivity contribution in [2.75, 3.05) is 0 Å². The van der Waals surface area contributed by atoms with Gasteiger partial charge in [0, 0.05) is 5.56 Å². The van der Waals surface area contributed by atoms with Crippen LogP contribution in [0, 0.1) is 44.0 Å². The van der Waals surface area contributed by atoms with Crippen LogP contribution in [0.4, 0.5) is 17.6 Å². The Kier molecular flexibility index (Phi) is 27.5. The fourth-order valence-corrected chi connectivity index (χ4v) is 7.98. The van der Waals surface area contributed by atoms with Crippen LogP contribution < -0.4 is 0 Å². The van der Waals surface area contributed by atoms with Crippen LogP contribution >= 0.6 is 15.9 Å². The summed E-state index contributed by atoms with van der Waals surface area (Å²) in [6, 6.07) is 30.7. The maximum atomic E-state index is 13.4. The first kappa shape index (κ1) is 72.3. The molecule has 0 atom stereocenters. The summed E-state index contributed by atoms with van der Waals surface area (Å²) >= 11 is 3.32. The van der Waals surface area contributed by atoms with E-state index in [2.05, 4.69) is 144 Å². The van der Waals surface area contributed by atoms with Gasteiger partial charge in [0.2, 0.25) is 11.6 Å². The molecule has 11 heteroatoms. The van der Waals surface area contributed by atoms with Gasteiger partial charge in [-0.2, -0.15) is 8.78 Å². The zero-order chi connectivity index (χ0) is 62.1. The number of hydrogen-bond acceptors (Lipinski definition) is 6. The van der Waals surface area contributed by atoms with E-state index < -0.39 is 40.0 Å². The van der Waals surface area contributed by atoms with Crippen molar-refractivity contribution in [3.8, 4) is 34.5 Å². The van der Waals surface area contributed by atoms with Crippen LogP contribution in [0.2, 0.25) is 0 Å². The summed E-state index contributed by atoms with van der Waals surface area (Å²) in [4.78, 5) is 0. The molecule has 0 aliphatic rings. The fourth-order valence-electron chi connectivity index (χ4n) is 7.60. The van der Waals surface area contributed by atoms with E-state index in [1.807, 2.05) is 63.2 Å².